The minimum atomic E-state index is -1.06. The van der Waals surface area contributed by atoms with Crippen LogP contribution >= 0.6 is 0 Å². The maximum atomic E-state index is 13.5. The molecule has 0 unspecified atom stereocenters. The first-order valence-electron chi connectivity index (χ1n) is 11.0. The van der Waals surface area contributed by atoms with Gasteiger partial charge < -0.3 is 25.6 Å². The number of nitrogens with zero attached hydrogens (tertiary/aromatic N) is 1. The second kappa shape index (κ2) is 9.76. The molecule has 1 aliphatic heterocycles. The minimum absolute atomic E-state index is 0.0508. The summed E-state index contributed by atoms with van der Waals surface area (Å²) >= 11 is 0. The molecule has 2 aromatic rings. The van der Waals surface area contributed by atoms with Crippen molar-refractivity contribution in [2.45, 2.75) is 45.6 Å². The number of carbonyl (C=O) groups is 4. The van der Waals surface area contributed by atoms with E-state index in [0.29, 0.717) is 48.4 Å². The number of piperidine rings is 1. The summed E-state index contributed by atoms with van der Waals surface area (Å²) in [4.78, 5) is 50.5. The van der Waals surface area contributed by atoms with E-state index in [1.807, 2.05) is 0 Å². The van der Waals surface area contributed by atoms with Crippen LogP contribution in [0.5, 0.6) is 0 Å². The lowest BCUT2D eigenvalue weighted by Gasteiger charge is -2.37. The summed E-state index contributed by atoms with van der Waals surface area (Å²) in [5, 5.41) is 17.8. The number of carbonyl (C=O) groups excluding carboxylic acids is 3. The number of Topliss-reactive ketones (excluding diaryl/α,β-unsaturated/α-hetero) is 1. The summed E-state index contributed by atoms with van der Waals surface area (Å²) in [6.45, 7) is 5.87. The molecule has 10 heteroatoms. The highest BCUT2D eigenvalue weighted by atomic mass is 19.1. The number of aromatic nitrogens is 1. The van der Waals surface area contributed by atoms with Crippen LogP contribution in [-0.2, 0) is 16.6 Å². The minimum Gasteiger partial charge on any atom is -0.481 e. The van der Waals surface area contributed by atoms with E-state index in [4.69, 9.17) is 0 Å². The summed E-state index contributed by atoms with van der Waals surface area (Å²) in [5.74, 6) is -3.69. The maximum Gasteiger partial charge on any atom is 0.305 e. The summed E-state index contributed by atoms with van der Waals surface area (Å²) in [7, 11) is 1.58. The Bertz CT molecular complexity index is 1160. The van der Waals surface area contributed by atoms with Gasteiger partial charge in [-0.15, -0.1) is 0 Å². The molecule has 34 heavy (non-hydrogen) atoms. The lowest BCUT2D eigenvalue weighted by Crippen LogP contribution is -2.57. The van der Waals surface area contributed by atoms with Crippen molar-refractivity contribution >= 4 is 29.3 Å². The molecule has 0 bridgehead atoms. The molecule has 1 aromatic heterocycles. The summed E-state index contributed by atoms with van der Waals surface area (Å²) in [5.41, 5.74) is 0.857. The molecular weight excluding hydrogens is 443 g/mol. The van der Waals surface area contributed by atoms with Gasteiger partial charge in [0.15, 0.2) is 0 Å². The lowest BCUT2D eigenvalue weighted by molar-refractivity contribution is -0.139. The normalized spacial score (nSPS) is 15.0. The van der Waals surface area contributed by atoms with Gasteiger partial charge in [0.05, 0.1) is 23.2 Å². The van der Waals surface area contributed by atoms with Crippen molar-refractivity contribution in [1.29, 1.82) is 0 Å². The maximum absolute atomic E-state index is 13.5. The average Bonchev–Trinajstić information content (AvgIpc) is 2.98. The van der Waals surface area contributed by atoms with Crippen LogP contribution in [-0.4, -0.2) is 51.9 Å². The van der Waals surface area contributed by atoms with Crippen molar-refractivity contribution in [3.8, 4) is 0 Å². The predicted octanol–water partition coefficient (Wildman–Crippen LogP) is 2.24. The van der Waals surface area contributed by atoms with Gasteiger partial charge in [-0.05, 0) is 76.0 Å². The van der Waals surface area contributed by atoms with Gasteiger partial charge in [-0.2, -0.15) is 0 Å². The predicted molar refractivity (Wildman–Crippen MR) is 124 cm³/mol. The molecule has 0 saturated carbocycles. The molecule has 182 valence electrons. The smallest absolute Gasteiger partial charge is 0.305 e. The molecule has 0 spiro atoms. The van der Waals surface area contributed by atoms with Crippen molar-refractivity contribution in [1.82, 2.24) is 15.2 Å². The topological polar surface area (TPSA) is 130 Å². The number of aliphatic carboxylic acids is 1. The molecule has 2 heterocycles. The third-order valence-corrected chi connectivity index (χ3v) is 6.42. The first-order chi connectivity index (χ1) is 16.0. The van der Waals surface area contributed by atoms with Gasteiger partial charge >= 0.3 is 5.97 Å². The van der Waals surface area contributed by atoms with Crippen LogP contribution < -0.4 is 16.0 Å². The molecule has 4 N–H and O–H groups in total. The number of ketones is 1. The molecule has 1 aromatic carbocycles. The number of aryl methyl sites for hydroxylation is 1. The molecule has 0 aliphatic carbocycles. The summed E-state index contributed by atoms with van der Waals surface area (Å²) < 4.78 is 15.0. The van der Waals surface area contributed by atoms with E-state index in [2.05, 4.69) is 16.0 Å². The Kier molecular flexibility index (Phi) is 7.21. The first-order valence-corrected chi connectivity index (χ1v) is 11.0. The average molecular weight is 473 g/mol. The van der Waals surface area contributed by atoms with E-state index in [1.54, 1.807) is 27.8 Å². The zero-order valence-corrected chi connectivity index (χ0v) is 19.7. The third-order valence-electron chi connectivity index (χ3n) is 6.42. The lowest BCUT2D eigenvalue weighted by atomic mass is 9.84. The van der Waals surface area contributed by atoms with Crippen LogP contribution in [0.25, 0.3) is 0 Å². The SMILES string of the molecule is Cc1cc(NC(=O)c2c(C)c(C(=O)C(=O)NC3(CC(=O)O)CCNCC3)n(C)c2C)ccc1F. The molecular formula is C24H29FN4O5. The molecule has 1 saturated heterocycles. The molecule has 0 radical (unpaired) electrons. The molecule has 2 amide bonds. The van der Waals surface area contributed by atoms with E-state index in [0.717, 1.165) is 0 Å². The quantitative estimate of drug-likeness (QED) is 0.361. The number of hydrogen-bond acceptors (Lipinski definition) is 5. The van der Waals surface area contributed by atoms with Crippen LogP contribution in [0.15, 0.2) is 18.2 Å². The van der Waals surface area contributed by atoms with E-state index in [1.165, 1.54) is 22.8 Å². The fourth-order valence-corrected chi connectivity index (χ4v) is 4.50. The van der Waals surface area contributed by atoms with Gasteiger partial charge in [-0.3, -0.25) is 19.2 Å². The number of benzene rings is 1. The van der Waals surface area contributed by atoms with Crippen molar-refractivity contribution in [2.75, 3.05) is 18.4 Å². The van der Waals surface area contributed by atoms with Gasteiger partial charge in [0.2, 0.25) is 0 Å². The molecule has 1 aliphatic rings. The highest BCUT2D eigenvalue weighted by molar-refractivity contribution is 6.43. The zero-order chi connectivity index (χ0) is 25.2. The van der Waals surface area contributed by atoms with Crippen LogP contribution in [0, 0.1) is 26.6 Å². The highest BCUT2D eigenvalue weighted by Gasteiger charge is 2.38. The first kappa shape index (κ1) is 25.1. The van der Waals surface area contributed by atoms with Gasteiger partial charge in [0, 0.05) is 18.4 Å². The van der Waals surface area contributed by atoms with Gasteiger partial charge in [-0.1, -0.05) is 0 Å². The van der Waals surface area contributed by atoms with Crippen LogP contribution in [0.2, 0.25) is 0 Å². The van der Waals surface area contributed by atoms with Gasteiger partial charge in [0.25, 0.3) is 17.6 Å². The summed E-state index contributed by atoms with van der Waals surface area (Å²) in [6, 6.07) is 4.19. The Morgan fingerprint density at radius 2 is 1.79 bits per heavy atom. The number of carboxylic acid groups (broad SMARTS) is 1. The van der Waals surface area contributed by atoms with E-state index in [-0.39, 0.29) is 17.7 Å². The molecule has 0 atom stereocenters. The molecule has 1 fully saturated rings. The van der Waals surface area contributed by atoms with Crippen LogP contribution in [0.3, 0.4) is 0 Å². The second-order valence-corrected chi connectivity index (χ2v) is 8.80. The fraction of sp³-hybridized carbons (Fsp3) is 0.417. The number of anilines is 1. The Balaban J connectivity index is 1.87. The zero-order valence-electron chi connectivity index (χ0n) is 19.7. The number of carboxylic acids is 1. The van der Waals surface area contributed by atoms with Crippen molar-refractivity contribution in [2.24, 2.45) is 7.05 Å². The third kappa shape index (κ3) is 5.01. The number of halogens is 1. The van der Waals surface area contributed by atoms with E-state index in [9.17, 15) is 28.7 Å². The van der Waals surface area contributed by atoms with Crippen molar-refractivity contribution < 1.29 is 28.7 Å². The van der Waals surface area contributed by atoms with Gasteiger partial charge in [-0.25, -0.2) is 4.39 Å². The molecule has 3 rings (SSSR count). The Morgan fingerprint density at radius 1 is 1.15 bits per heavy atom. The van der Waals surface area contributed by atoms with E-state index >= 15 is 0 Å². The monoisotopic (exact) mass is 472 g/mol. The van der Waals surface area contributed by atoms with Crippen LogP contribution in [0.1, 0.15) is 56.9 Å². The number of amides is 2. The molecule has 9 nitrogen and oxygen atoms in total. The highest BCUT2D eigenvalue weighted by Crippen LogP contribution is 2.26. The van der Waals surface area contributed by atoms with E-state index < -0.39 is 34.9 Å². The van der Waals surface area contributed by atoms with Gasteiger partial charge in [0.1, 0.15) is 5.82 Å². The number of nitrogens with one attached hydrogen (secondary N) is 3. The Hall–Kier alpha value is -3.53. The Labute approximate surface area is 196 Å². The second-order valence-electron chi connectivity index (χ2n) is 8.80. The number of hydrogen-bond donors (Lipinski definition) is 4. The fourth-order valence-electron chi connectivity index (χ4n) is 4.50. The standard InChI is InChI=1S/C24H29FN4O5/c1-13-11-16(5-6-17(13)25)27-22(33)19-14(2)20(29(4)15(19)3)21(32)23(34)28-24(12-18(30)31)7-9-26-10-8-24/h5-6,11,26H,7-10,12H2,1-4H3,(H,27,33)(H,28,34)(H,30,31). The summed E-state index contributed by atoms with van der Waals surface area (Å²) in [6.07, 6.45) is 0.478. The number of rotatable bonds is 7. The Morgan fingerprint density at radius 3 is 2.38 bits per heavy atom. The van der Waals surface area contributed by atoms with Crippen molar-refractivity contribution in [3.05, 3.63) is 52.1 Å². The van der Waals surface area contributed by atoms with Crippen LogP contribution in [0.4, 0.5) is 10.1 Å². The largest absolute Gasteiger partial charge is 0.481 e. The van der Waals surface area contributed by atoms with Crippen molar-refractivity contribution in [3.63, 3.8) is 0 Å².